The van der Waals surface area contributed by atoms with E-state index in [1.165, 1.54) is 0 Å². The van der Waals surface area contributed by atoms with Gasteiger partial charge in [-0.2, -0.15) is 0 Å². The van der Waals surface area contributed by atoms with Crippen LogP contribution in [-0.4, -0.2) is 24.2 Å². The van der Waals surface area contributed by atoms with Gasteiger partial charge in [-0.1, -0.05) is 20.8 Å². The summed E-state index contributed by atoms with van der Waals surface area (Å²) in [5.41, 5.74) is 10.9. The van der Waals surface area contributed by atoms with Gasteiger partial charge in [-0.3, -0.25) is 4.79 Å². The molecule has 1 saturated carbocycles. The van der Waals surface area contributed by atoms with E-state index in [2.05, 4.69) is 13.8 Å². The van der Waals surface area contributed by atoms with E-state index >= 15 is 0 Å². The summed E-state index contributed by atoms with van der Waals surface area (Å²) in [4.78, 5) is 11.3. The lowest BCUT2D eigenvalue weighted by molar-refractivity contribution is -0.151. The summed E-state index contributed by atoms with van der Waals surface area (Å²) in [5.74, 6) is 1.08. The van der Waals surface area contributed by atoms with E-state index in [9.17, 15) is 4.79 Å². The monoisotopic (exact) mass is 256 g/mol. The van der Waals surface area contributed by atoms with Crippen molar-refractivity contribution in [1.29, 1.82) is 0 Å². The Balaban J connectivity index is 2.63. The highest BCUT2D eigenvalue weighted by Gasteiger charge is 2.38. The fourth-order valence-electron chi connectivity index (χ4n) is 2.85. The lowest BCUT2D eigenvalue weighted by Gasteiger charge is -2.42. The second-order valence-electron chi connectivity index (χ2n) is 5.89. The molecule has 0 heterocycles. The van der Waals surface area contributed by atoms with Crippen LogP contribution in [0.1, 0.15) is 52.9 Å². The van der Waals surface area contributed by atoms with E-state index in [0.29, 0.717) is 18.9 Å². The minimum absolute atomic E-state index is 0.332. The van der Waals surface area contributed by atoms with E-state index in [1.807, 2.05) is 6.92 Å². The van der Waals surface area contributed by atoms with Gasteiger partial charge in [-0.25, -0.2) is 0 Å². The molecule has 0 spiro atoms. The van der Waals surface area contributed by atoms with Crippen molar-refractivity contribution in [1.82, 2.24) is 0 Å². The quantitative estimate of drug-likeness (QED) is 0.760. The maximum absolute atomic E-state index is 11.3. The number of rotatable bonds is 6. The summed E-state index contributed by atoms with van der Waals surface area (Å²) >= 11 is 0. The van der Waals surface area contributed by atoms with E-state index in [4.69, 9.17) is 16.2 Å². The normalized spacial score (nSPS) is 30.4. The number of amides is 1. The Morgan fingerprint density at radius 1 is 1.39 bits per heavy atom. The van der Waals surface area contributed by atoms with Crippen LogP contribution < -0.4 is 11.5 Å². The molecular formula is C14H28N2O2. The molecule has 0 aliphatic heterocycles. The first-order chi connectivity index (χ1) is 8.44. The molecule has 1 aliphatic rings. The summed E-state index contributed by atoms with van der Waals surface area (Å²) in [7, 11) is 0. The Morgan fingerprint density at radius 2 is 1.94 bits per heavy atom. The Labute approximate surface area is 110 Å². The number of carbonyl (C=O) groups is 1. The summed E-state index contributed by atoms with van der Waals surface area (Å²) in [6, 6.07) is 0. The van der Waals surface area contributed by atoms with Crippen LogP contribution in [0.5, 0.6) is 0 Å². The summed E-state index contributed by atoms with van der Waals surface area (Å²) in [6.07, 6.45) is 4.26. The van der Waals surface area contributed by atoms with Crippen molar-refractivity contribution in [2.75, 3.05) is 6.54 Å². The minimum Gasteiger partial charge on any atom is -0.367 e. The average molecular weight is 256 g/mol. The zero-order valence-electron chi connectivity index (χ0n) is 11.9. The van der Waals surface area contributed by atoms with Gasteiger partial charge in [0, 0.05) is 6.54 Å². The molecule has 4 N–H and O–H groups in total. The molecule has 0 bridgehead atoms. The van der Waals surface area contributed by atoms with Crippen molar-refractivity contribution < 1.29 is 9.53 Å². The topological polar surface area (TPSA) is 78.3 Å². The largest absolute Gasteiger partial charge is 0.367 e. The van der Waals surface area contributed by atoms with E-state index in [1.54, 1.807) is 0 Å². The van der Waals surface area contributed by atoms with Crippen LogP contribution in [0.25, 0.3) is 0 Å². The first-order valence-electron chi connectivity index (χ1n) is 7.11. The third-order valence-electron chi connectivity index (χ3n) is 4.34. The Morgan fingerprint density at radius 3 is 2.28 bits per heavy atom. The molecule has 0 aromatic heterocycles. The summed E-state index contributed by atoms with van der Waals surface area (Å²) in [6.45, 7) is 6.92. The molecular weight excluding hydrogens is 228 g/mol. The number of primary amides is 1. The SMILES string of the molecule is CCC(OC1(CN)CCC(C(C)C)CC1)C(N)=O. The molecule has 18 heavy (non-hydrogen) atoms. The molecule has 1 unspecified atom stereocenters. The first-order valence-corrected chi connectivity index (χ1v) is 7.11. The fraction of sp³-hybridized carbons (Fsp3) is 0.929. The fourth-order valence-corrected chi connectivity index (χ4v) is 2.85. The van der Waals surface area contributed by atoms with Crippen molar-refractivity contribution in [2.24, 2.45) is 23.3 Å². The van der Waals surface area contributed by atoms with Gasteiger partial charge in [0.1, 0.15) is 6.10 Å². The van der Waals surface area contributed by atoms with Crippen LogP contribution in [0, 0.1) is 11.8 Å². The lowest BCUT2D eigenvalue weighted by atomic mass is 9.74. The van der Waals surface area contributed by atoms with Gasteiger partial charge in [0.25, 0.3) is 0 Å². The van der Waals surface area contributed by atoms with Crippen LogP contribution in [0.15, 0.2) is 0 Å². The van der Waals surface area contributed by atoms with E-state index < -0.39 is 6.10 Å². The Hall–Kier alpha value is -0.610. The highest BCUT2D eigenvalue weighted by atomic mass is 16.5. The van der Waals surface area contributed by atoms with Gasteiger partial charge < -0.3 is 16.2 Å². The van der Waals surface area contributed by atoms with Gasteiger partial charge in [-0.15, -0.1) is 0 Å². The third-order valence-corrected chi connectivity index (χ3v) is 4.34. The molecule has 0 aromatic rings. The Bertz CT molecular complexity index is 271. The molecule has 0 saturated heterocycles. The number of hydrogen-bond donors (Lipinski definition) is 2. The smallest absolute Gasteiger partial charge is 0.246 e. The average Bonchev–Trinajstić information content (AvgIpc) is 2.36. The predicted octanol–water partition coefficient (Wildman–Crippen LogP) is 1.81. The number of nitrogens with two attached hydrogens (primary N) is 2. The van der Waals surface area contributed by atoms with Gasteiger partial charge in [-0.05, 0) is 43.9 Å². The third kappa shape index (κ3) is 3.69. The number of hydrogen-bond acceptors (Lipinski definition) is 3. The summed E-state index contributed by atoms with van der Waals surface area (Å²) < 4.78 is 5.97. The highest BCUT2D eigenvalue weighted by Crippen LogP contribution is 2.38. The first kappa shape index (κ1) is 15.4. The number of carbonyl (C=O) groups excluding carboxylic acids is 1. The molecule has 4 nitrogen and oxygen atoms in total. The molecule has 0 aromatic carbocycles. The molecule has 106 valence electrons. The van der Waals surface area contributed by atoms with Crippen LogP contribution in [0.3, 0.4) is 0 Å². The van der Waals surface area contributed by atoms with Crippen LogP contribution >= 0.6 is 0 Å². The van der Waals surface area contributed by atoms with Crippen LogP contribution in [0.2, 0.25) is 0 Å². The summed E-state index contributed by atoms with van der Waals surface area (Å²) in [5, 5.41) is 0. The van der Waals surface area contributed by atoms with E-state index in [-0.39, 0.29) is 11.5 Å². The van der Waals surface area contributed by atoms with Crippen molar-refractivity contribution in [3.8, 4) is 0 Å². The maximum atomic E-state index is 11.3. The zero-order chi connectivity index (χ0) is 13.8. The number of ether oxygens (including phenoxy) is 1. The lowest BCUT2D eigenvalue weighted by Crippen LogP contribution is -2.49. The van der Waals surface area contributed by atoms with Crippen LogP contribution in [0.4, 0.5) is 0 Å². The Kier molecular flexibility index (Phi) is 5.60. The van der Waals surface area contributed by atoms with Crippen molar-refractivity contribution >= 4 is 5.91 Å². The van der Waals surface area contributed by atoms with Gasteiger partial charge in [0.05, 0.1) is 5.60 Å². The van der Waals surface area contributed by atoms with Gasteiger partial charge in [0.15, 0.2) is 0 Å². The van der Waals surface area contributed by atoms with Gasteiger partial charge >= 0.3 is 0 Å². The molecule has 1 rings (SSSR count). The molecule has 1 amide bonds. The van der Waals surface area contributed by atoms with E-state index in [0.717, 1.165) is 31.6 Å². The minimum atomic E-state index is -0.496. The van der Waals surface area contributed by atoms with Crippen molar-refractivity contribution in [3.05, 3.63) is 0 Å². The molecule has 0 radical (unpaired) electrons. The maximum Gasteiger partial charge on any atom is 0.246 e. The highest BCUT2D eigenvalue weighted by molar-refractivity contribution is 5.78. The zero-order valence-corrected chi connectivity index (χ0v) is 11.9. The molecule has 1 aliphatic carbocycles. The predicted molar refractivity (Wildman–Crippen MR) is 72.9 cm³/mol. The van der Waals surface area contributed by atoms with Gasteiger partial charge in [0.2, 0.25) is 5.91 Å². The molecule has 1 atom stereocenters. The van der Waals surface area contributed by atoms with Crippen molar-refractivity contribution in [2.45, 2.75) is 64.6 Å². The standard InChI is InChI=1S/C14H28N2O2/c1-4-12(13(16)17)18-14(9-15)7-5-11(6-8-14)10(2)3/h10-12H,4-9,15H2,1-3H3,(H2,16,17). The second-order valence-corrected chi connectivity index (χ2v) is 5.89. The molecule has 1 fully saturated rings. The van der Waals surface area contributed by atoms with Crippen molar-refractivity contribution in [3.63, 3.8) is 0 Å². The van der Waals surface area contributed by atoms with Crippen LogP contribution in [-0.2, 0) is 9.53 Å². The second kappa shape index (κ2) is 6.53. The molecule has 4 heteroatoms.